The van der Waals surface area contributed by atoms with Gasteiger partial charge in [0.25, 0.3) is 5.56 Å². The van der Waals surface area contributed by atoms with Crippen molar-refractivity contribution in [1.29, 1.82) is 0 Å². The number of aldehydes is 1. The van der Waals surface area contributed by atoms with Gasteiger partial charge in [0.2, 0.25) is 0 Å². The van der Waals surface area contributed by atoms with E-state index >= 15 is 0 Å². The Morgan fingerprint density at radius 2 is 2.21 bits per heavy atom. The maximum absolute atomic E-state index is 13.4. The SMILES string of the molecule is COCc1c(C(C=O)OP(O)OCC2CCCO2)cc2n(c1=O)Cc1cc3ccccc3nc1-2. The van der Waals surface area contributed by atoms with E-state index in [1.807, 2.05) is 30.3 Å². The van der Waals surface area contributed by atoms with Crippen LogP contribution in [0.25, 0.3) is 22.3 Å². The minimum atomic E-state index is -2.36. The number of ether oxygens (including phenoxy) is 2. The molecule has 2 aliphatic heterocycles. The molecule has 0 aliphatic carbocycles. The van der Waals surface area contributed by atoms with E-state index in [0.717, 1.165) is 29.3 Å². The summed E-state index contributed by atoms with van der Waals surface area (Å²) in [6.45, 7) is 1.21. The number of methoxy groups -OCH3 is 1. The Hall–Kier alpha value is -2.52. The number of hydrogen-bond donors (Lipinski definition) is 1. The second-order valence-corrected chi connectivity index (χ2v) is 9.25. The topological polar surface area (TPSA) is 109 Å². The van der Waals surface area contributed by atoms with Gasteiger partial charge >= 0.3 is 8.60 Å². The maximum atomic E-state index is 13.4. The molecule has 1 fully saturated rings. The van der Waals surface area contributed by atoms with Crippen LogP contribution in [0.4, 0.5) is 0 Å². The molecule has 5 rings (SSSR count). The molecule has 0 amide bonds. The van der Waals surface area contributed by atoms with Crippen LogP contribution >= 0.6 is 8.60 Å². The second kappa shape index (κ2) is 10.00. The van der Waals surface area contributed by atoms with Gasteiger partial charge in [-0.2, -0.15) is 0 Å². The molecule has 10 heteroatoms. The van der Waals surface area contributed by atoms with Gasteiger partial charge in [-0.1, -0.05) is 18.2 Å². The second-order valence-electron chi connectivity index (χ2n) is 8.31. The molecule has 0 bridgehead atoms. The van der Waals surface area contributed by atoms with Crippen LogP contribution in [0.5, 0.6) is 0 Å². The number of aromatic nitrogens is 2. The molecule has 1 N–H and O–H groups in total. The van der Waals surface area contributed by atoms with Crippen LogP contribution in [0, 0.1) is 0 Å². The third kappa shape index (κ3) is 4.43. The predicted octanol–water partition coefficient (Wildman–Crippen LogP) is 3.24. The Bertz CT molecular complexity index is 1270. The lowest BCUT2D eigenvalue weighted by molar-refractivity contribution is -0.114. The van der Waals surface area contributed by atoms with E-state index in [0.29, 0.717) is 42.0 Å². The number of pyridine rings is 2. The number of benzene rings is 1. The number of fused-ring (bicyclic) bond motifs is 4. The molecular weight excluding hydrogens is 459 g/mol. The van der Waals surface area contributed by atoms with Crippen molar-refractivity contribution in [3.8, 4) is 11.4 Å². The van der Waals surface area contributed by atoms with Crippen molar-refractivity contribution < 1.29 is 28.2 Å². The zero-order valence-electron chi connectivity index (χ0n) is 18.7. The van der Waals surface area contributed by atoms with Gasteiger partial charge in [0.15, 0.2) is 6.29 Å². The summed E-state index contributed by atoms with van der Waals surface area (Å²) in [5.41, 5.74) is 3.36. The fourth-order valence-electron chi connectivity index (χ4n) is 4.48. The molecule has 0 saturated carbocycles. The fourth-order valence-corrected chi connectivity index (χ4v) is 5.19. The average Bonchev–Trinajstić information content (AvgIpc) is 3.49. The van der Waals surface area contributed by atoms with Crippen molar-refractivity contribution in [2.75, 3.05) is 20.3 Å². The van der Waals surface area contributed by atoms with E-state index in [9.17, 15) is 14.5 Å². The predicted molar refractivity (Wildman–Crippen MR) is 125 cm³/mol. The van der Waals surface area contributed by atoms with E-state index in [-0.39, 0.29) is 24.9 Å². The number of para-hydroxylation sites is 1. The van der Waals surface area contributed by atoms with Crippen LogP contribution < -0.4 is 5.56 Å². The summed E-state index contributed by atoms with van der Waals surface area (Å²) in [6, 6.07) is 11.5. The Morgan fingerprint density at radius 1 is 1.35 bits per heavy atom. The van der Waals surface area contributed by atoms with Crippen molar-refractivity contribution in [2.24, 2.45) is 0 Å². The first-order valence-corrected chi connectivity index (χ1v) is 12.2. The van der Waals surface area contributed by atoms with Crippen LogP contribution in [0.2, 0.25) is 0 Å². The van der Waals surface area contributed by atoms with Crippen molar-refractivity contribution >= 4 is 25.8 Å². The largest absolute Gasteiger partial charge is 0.380 e. The van der Waals surface area contributed by atoms with Gasteiger partial charge in [0.1, 0.15) is 6.10 Å². The zero-order valence-corrected chi connectivity index (χ0v) is 19.6. The van der Waals surface area contributed by atoms with Gasteiger partial charge in [-0.25, -0.2) is 4.98 Å². The average molecular weight is 484 g/mol. The smallest absolute Gasteiger partial charge is 0.330 e. The molecule has 34 heavy (non-hydrogen) atoms. The van der Waals surface area contributed by atoms with Gasteiger partial charge in [-0.3, -0.25) is 9.32 Å². The van der Waals surface area contributed by atoms with Gasteiger partial charge in [0, 0.05) is 35.8 Å². The van der Waals surface area contributed by atoms with Crippen LogP contribution in [-0.4, -0.2) is 47.2 Å². The third-order valence-corrected chi connectivity index (χ3v) is 6.90. The molecule has 3 aromatic rings. The molecule has 1 saturated heterocycles. The van der Waals surface area contributed by atoms with Gasteiger partial charge in [0.05, 0.1) is 42.8 Å². The Kier molecular flexibility index (Phi) is 6.83. The number of rotatable bonds is 9. The van der Waals surface area contributed by atoms with E-state index in [1.54, 1.807) is 10.6 Å². The van der Waals surface area contributed by atoms with Crippen molar-refractivity contribution in [2.45, 2.75) is 38.2 Å². The van der Waals surface area contributed by atoms with Crippen LogP contribution in [0.15, 0.2) is 41.2 Å². The molecular formula is C24H25N2O7P. The summed E-state index contributed by atoms with van der Waals surface area (Å²) in [7, 11) is -0.879. The first-order valence-electron chi connectivity index (χ1n) is 11.1. The highest BCUT2D eigenvalue weighted by Gasteiger charge is 2.30. The van der Waals surface area contributed by atoms with Crippen molar-refractivity contribution in [3.05, 3.63) is 63.4 Å². The van der Waals surface area contributed by atoms with Crippen LogP contribution in [0.1, 0.15) is 35.6 Å². The van der Waals surface area contributed by atoms with Crippen molar-refractivity contribution in [3.63, 3.8) is 0 Å². The lowest BCUT2D eigenvalue weighted by atomic mass is 10.0. The highest BCUT2D eigenvalue weighted by molar-refractivity contribution is 7.40. The Labute approximate surface area is 197 Å². The minimum Gasteiger partial charge on any atom is -0.380 e. The lowest BCUT2D eigenvalue weighted by Gasteiger charge is -2.20. The first-order chi connectivity index (χ1) is 16.6. The van der Waals surface area contributed by atoms with Gasteiger partial charge in [-0.05, 0) is 31.0 Å². The number of nitrogens with zero attached hydrogens (tertiary/aromatic N) is 2. The zero-order chi connectivity index (χ0) is 23.7. The van der Waals surface area contributed by atoms with Crippen LogP contribution in [-0.2, 0) is 36.5 Å². The molecule has 4 heterocycles. The van der Waals surface area contributed by atoms with Gasteiger partial charge in [-0.15, -0.1) is 0 Å². The summed E-state index contributed by atoms with van der Waals surface area (Å²) in [5, 5.41) is 0.989. The summed E-state index contributed by atoms with van der Waals surface area (Å²) in [6.07, 6.45) is 1.05. The van der Waals surface area contributed by atoms with E-state index in [2.05, 4.69) is 0 Å². The number of hydrogen-bond acceptors (Lipinski definition) is 8. The quantitative estimate of drug-likeness (QED) is 0.285. The summed E-state index contributed by atoms with van der Waals surface area (Å²) in [5.74, 6) is 0. The molecule has 2 aromatic heterocycles. The molecule has 3 unspecified atom stereocenters. The Morgan fingerprint density at radius 3 is 2.97 bits per heavy atom. The van der Waals surface area contributed by atoms with Crippen molar-refractivity contribution in [1.82, 2.24) is 9.55 Å². The van der Waals surface area contributed by atoms with Gasteiger partial charge < -0.3 is 28.3 Å². The molecule has 0 spiro atoms. The normalized spacial score (nSPS) is 18.6. The van der Waals surface area contributed by atoms with E-state index in [4.69, 9.17) is 23.5 Å². The molecule has 2 aliphatic rings. The highest BCUT2D eigenvalue weighted by Crippen LogP contribution is 2.41. The molecule has 178 valence electrons. The summed E-state index contributed by atoms with van der Waals surface area (Å²) < 4.78 is 23.3. The molecule has 0 radical (unpaired) electrons. The standard InChI is InChI=1S/C24H25N2O7P/c1-30-14-19-18(22(12-27)33-34(29)32-13-17-6-4-8-31-17)10-21-23-16(11-26(21)24(19)28)9-15-5-2-3-7-20(15)25-23/h2-3,5,7,9-10,12,17,22,29H,4,6,8,11,13-14H2,1H3. The number of carbonyl (C=O) groups excluding carboxylic acids is 1. The first kappa shape index (κ1) is 23.2. The molecule has 3 atom stereocenters. The van der Waals surface area contributed by atoms with E-state index in [1.165, 1.54) is 7.11 Å². The molecule has 9 nitrogen and oxygen atoms in total. The maximum Gasteiger partial charge on any atom is 0.330 e. The van der Waals surface area contributed by atoms with E-state index < -0.39 is 14.7 Å². The third-order valence-electron chi connectivity index (χ3n) is 6.13. The Balaban J connectivity index is 1.49. The lowest BCUT2D eigenvalue weighted by Crippen LogP contribution is -2.27. The highest BCUT2D eigenvalue weighted by atomic mass is 31.2. The fraction of sp³-hybridized carbons (Fsp3) is 0.375. The molecule has 1 aromatic carbocycles. The monoisotopic (exact) mass is 484 g/mol. The van der Waals surface area contributed by atoms with Crippen LogP contribution in [0.3, 0.4) is 0 Å². The summed E-state index contributed by atoms with van der Waals surface area (Å²) in [4.78, 5) is 40.5. The number of carbonyl (C=O) groups is 1. The minimum absolute atomic E-state index is 0.00593. The summed E-state index contributed by atoms with van der Waals surface area (Å²) >= 11 is 0.